The Morgan fingerprint density at radius 1 is 1.08 bits per heavy atom. The van der Waals surface area contributed by atoms with E-state index in [0.717, 1.165) is 86.4 Å². The molecule has 5 heterocycles. The summed E-state index contributed by atoms with van der Waals surface area (Å²) in [5.41, 5.74) is 4.66. The van der Waals surface area contributed by atoms with Crippen LogP contribution in [0.2, 0.25) is 0 Å². The van der Waals surface area contributed by atoms with E-state index in [1.54, 1.807) is 18.9 Å². The van der Waals surface area contributed by atoms with Crippen molar-refractivity contribution in [3.63, 3.8) is 0 Å². The van der Waals surface area contributed by atoms with Gasteiger partial charge in [-0.25, -0.2) is 9.97 Å². The molecule has 0 spiro atoms. The highest BCUT2D eigenvalue weighted by molar-refractivity contribution is 5.95. The van der Waals surface area contributed by atoms with E-state index >= 15 is 0 Å². The summed E-state index contributed by atoms with van der Waals surface area (Å²) in [6.45, 7) is 5.85. The lowest BCUT2D eigenvalue weighted by Gasteiger charge is -2.32. The molecule has 0 aliphatic carbocycles. The Morgan fingerprint density at radius 3 is 2.87 bits per heavy atom. The molecular weight excluding hydrogens is 496 g/mol. The number of methoxy groups -OCH3 is 2. The molecule has 10 nitrogen and oxygen atoms in total. The van der Waals surface area contributed by atoms with Crippen LogP contribution < -0.4 is 15.0 Å². The van der Waals surface area contributed by atoms with Crippen molar-refractivity contribution in [2.24, 2.45) is 0 Å². The zero-order valence-electron chi connectivity index (χ0n) is 22.5. The van der Waals surface area contributed by atoms with Crippen LogP contribution in [0.1, 0.15) is 24.8 Å². The van der Waals surface area contributed by atoms with E-state index in [9.17, 15) is 4.79 Å². The summed E-state index contributed by atoms with van der Waals surface area (Å²) in [4.78, 5) is 28.1. The Labute approximate surface area is 226 Å². The smallest absolute Gasteiger partial charge is 0.274 e. The topological polar surface area (TPSA) is 97.7 Å². The van der Waals surface area contributed by atoms with Gasteiger partial charge in [0, 0.05) is 45.4 Å². The van der Waals surface area contributed by atoms with Gasteiger partial charge in [0.2, 0.25) is 5.88 Å². The highest BCUT2D eigenvalue weighted by Gasteiger charge is 2.27. The SMILES string of the molecule is COc1nc2cc(CN3CCC[C@@H](OC)C3)cc3c2nc1-c1cccc2c(=O)n([nH]c12)CCN1CC[C@@H](C1)O3. The molecular formula is C29H34N6O4. The summed E-state index contributed by atoms with van der Waals surface area (Å²) >= 11 is 0. The summed E-state index contributed by atoms with van der Waals surface area (Å²) in [7, 11) is 3.41. The molecule has 2 saturated heterocycles. The van der Waals surface area contributed by atoms with Crippen LogP contribution in [0.3, 0.4) is 0 Å². The van der Waals surface area contributed by atoms with E-state index in [0.29, 0.717) is 29.0 Å². The minimum atomic E-state index is -0.0276. The summed E-state index contributed by atoms with van der Waals surface area (Å²) in [6, 6.07) is 9.93. The minimum Gasteiger partial charge on any atom is -0.487 e. The molecule has 6 bridgehead atoms. The first-order valence-electron chi connectivity index (χ1n) is 13.8. The number of rotatable bonds is 4. The molecule has 0 saturated carbocycles. The first-order valence-corrected chi connectivity index (χ1v) is 13.8. The molecule has 3 aliphatic heterocycles. The van der Waals surface area contributed by atoms with E-state index in [1.165, 1.54) is 0 Å². The maximum absolute atomic E-state index is 13.2. The summed E-state index contributed by atoms with van der Waals surface area (Å²) in [5.74, 6) is 1.17. The molecule has 39 heavy (non-hydrogen) atoms. The zero-order chi connectivity index (χ0) is 26.5. The zero-order valence-corrected chi connectivity index (χ0v) is 22.5. The van der Waals surface area contributed by atoms with Gasteiger partial charge in [-0.2, -0.15) is 0 Å². The Balaban J connectivity index is 1.39. The van der Waals surface area contributed by atoms with Crippen molar-refractivity contribution in [1.82, 2.24) is 29.5 Å². The fourth-order valence-electron chi connectivity index (χ4n) is 6.33. The first kappa shape index (κ1) is 24.6. The lowest BCUT2D eigenvalue weighted by Crippen LogP contribution is -2.38. The fraction of sp³-hybridized carbons (Fsp3) is 0.483. The van der Waals surface area contributed by atoms with Gasteiger partial charge in [-0.1, -0.05) is 12.1 Å². The third kappa shape index (κ3) is 4.46. The number of aromatic nitrogens is 4. The second-order valence-corrected chi connectivity index (χ2v) is 10.9. The van der Waals surface area contributed by atoms with E-state index < -0.39 is 0 Å². The van der Waals surface area contributed by atoms with E-state index in [2.05, 4.69) is 27.0 Å². The molecule has 3 aliphatic rings. The molecule has 2 aromatic carbocycles. The molecule has 0 amide bonds. The van der Waals surface area contributed by atoms with Crippen molar-refractivity contribution in [2.75, 3.05) is 46.9 Å². The van der Waals surface area contributed by atoms with Crippen molar-refractivity contribution in [2.45, 2.75) is 44.6 Å². The van der Waals surface area contributed by atoms with Crippen molar-refractivity contribution in [1.29, 1.82) is 0 Å². The largest absolute Gasteiger partial charge is 0.487 e. The number of fused-ring (bicyclic) bond motifs is 5. The summed E-state index contributed by atoms with van der Waals surface area (Å²) < 4.78 is 19.8. The van der Waals surface area contributed by atoms with E-state index in [4.69, 9.17) is 24.2 Å². The van der Waals surface area contributed by atoms with Gasteiger partial charge < -0.3 is 14.2 Å². The minimum absolute atomic E-state index is 0.0276. The number of hydrogen-bond donors (Lipinski definition) is 1. The summed E-state index contributed by atoms with van der Waals surface area (Å²) in [6.07, 6.45) is 3.47. The monoisotopic (exact) mass is 530 g/mol. The van der Waals surface area contributed by atoms with Gasteiger partial charge in [-0.15, -0.1) is 0 Å². The van der Waals surface area contributed by atoms with Gasteiger partial charge >= 0.3 is 0 Å². The standard InChI is InChI=1S/C29H34N6O4/c1-37-19-5-4-9-34(16-19)15-18-13-23-27-24(14-18)39-20-8-10-33(17-20)11-12-35-29(36)22-7-3-6-21(25(22)32-35)26(31-27)28(30-23)38-2/h3,6-7,13-14,19-20,32H,4-5,8-12,15-17H2,1-2H3/t19-,20+/m1/s1. The molecule has 2 aromatic heterocycles. The van der Waals surface area contributed by atoms with Gasteiger partial charge in [0.15, 0.2) is 0 Å². The number of nitrogens with zero attached hydrogens (tertiary/aromatic N) is 5. The van der Waals surface area contributed by atoms with E-state index in [-0.39, 0.29) is 17.8 Å². The second kappa shape index (κ2) is 9.93. The number of nitrogens with one attached hydrogen (secondary N) is 1. The molecule has 2 fully saturated rings. The molecule has 4 aromatic rings. The Kier molecular flexibility index (Phi) is 6.25. The molecule has 7 rings (SSSR count). The predicted molar refractivity (Wildman–Crippen MR) is 148 cm³/mol. The highest BCUT2D eigenvalue weighted by Crippen LogP contribution is 2.36. The number of ether oxygens (including phenoxy) is 3. The third-order valence-corrected chi connectivity index (χ3v) is 8.36. The van der Waals surface area contributed by atoms with Crippen LogP contribution >= 0.6 is 0 Å². The van der Waals surface area contributed by atoms with Gasteiger partial charge in [0.25, 0.3) is 5.56 Å². The maximum Gasteiger partial charge on any atom is 0.274 e. The normalized spacial score (nSPS) is 23.4. The van der Waals surface area contributed by atoms with E-state index in [1.807, 2.05) is 18.2 Å². The van der Waals surface area contributed by atoms with Crippen LogP contribution in [0, 0.1) is 0 Å². The Hall–Kier alpha value is -3.47. The molecule has 1 unspecified atom stereocenters. The van der Waals surface area contributed by atoms with Crippen LogP contribution in [0.25, 0.3) is 33.2 Å². The average molecular weight is 531 g/mol. The van der Waals surface area contributed by atoms with Crippen LogP contribution in [-0.2, 0) is 17.8 Å². The Bertz CT molecular complexity index is 1600. The first-order chi connectivity index (χ1) is 19.1. The number of likely N-dealkylation sites (tertiary alicyclic amines) is 1. The molecule has 3 atom stereocenters. The van der Waals surface area contributed by atoms with Gasteiger partial charge in [-0.05, 0) is 49.6 Å². The number of benzene rings is 2. The Morgan fingerprint density at radius 2 is 2.00 bits per heavy atom. The van der Waals surface area contributed by atoms with Gasteiger partial charge in [0.1, 0.15) is 23.1 Å². The molecule has 10 heteroatoms. The molecule has 0 radical (unpaired) electrons. The number of piperidine rings is 1. The number of H-pyrrole nitrogens is 1. The number of aromatic amines is 1. The van der Waals surface area contributed by atoms with Crippen molar-refractivity contribution in [3.05, 3.63) is 46.2 Å². The predicted octanol–water partition coefficient (Wildman–Crippen LogP) is 3.03. The van der Waals surface area contributed by atoms with Crippen LogP contribution in [-0.4, -0.2) is 88.7 Å². The fourth-order valence-corrected chi connectivity index (χ4v) is 6.33. The van der Waals surface area contributed by atoms with Crippen LogP contribution in [0.5, 0.6) is 11.6 Å². The number of para-hydroxylation sites is 1. The molecule has 1 N–H and O–H groups in total. The summed E-state index contributed by atoms with van der Waals surface area (Å²) in [5, 5.41) is 3.98. The van der Waals surface area contributed by atoms with Crippen molar-refractivity contribution >= 4 is 21.9 Å². The second-order valence-electron chi connectivity index (χ2n) is 10.9. The van der Waals surface area contributed by atoms with Crippen molar-refractivity contribution in [3.8, 4) is 22.9 Å². The quantitative estimate of drug-likeness (QED) is 0.430. The lowest BCUT2D eigenvalue weighted by atomic mass is 10.1. The lowest BCUT2D eigenvalue weighted by molar-refractivity contribution is 0.0285. The number of hydrogen-bond acceptors (Lipinski definition) is 8. The average Bonchev–Trinajstić information content (AvgIpc) is 3.54. The maximum atomic E-state index is 13.2. The van der Waals surface area contributed by atoms with Gasteiger partial charge in [0.05, 0.1) is 36.2 Å². The van der Waals surface area contributed by atoms with Gasteiger partial charge in [-0.3, -0.25) is 24.4 Å². The highest BCUT2D eigenvalue weighted by atomic mass is 16.5. The third-order valence-electron chi connectivity index (χ3n) is 8.36. The van der Waals surface area contributed by atoms with Crippen molar-refractivity contribution < 1.29 is 14.2 Å². The van der Waals surface area contributed by atoms with Crippen LogP contribution in [0.4, 0.5) is 0 Å². The molecule has 204 valence electrons. The van der Waals surface area contributed by atoms with Crippen LogP contribution in [0.15, 0.2) is 35.1 Å².